The van der Waals surface area contributed by atoms with E-state index in [2.05, 4.69) is 15.5 Å². The molecule has 0 bridgehead atoms. The highest BCUT2D eigenvalue weighted by molar-refractivity contribution is 5.90. The van der Waals surface area contributed by atoms with Gasteiger partial charge in [0.1, 0.15) is 6.04 Å². The van der Waals surface area contributed by atoms with Crippen LogP contribution >= 0.6 is 0 Å². The van der Waals surface area contributed by atoms with Crippen LogP contribution in [0.25, 0.3) is 11.5 Å². The summed E-state index contributed by atoms with van der Waals surface area (Å²) in [6.07, 6.45) is 0.0997. The van der Waals surface area contributed by atoms with E-state index < -0.39 is 24.2 Å². The van der Waals surface area contributed by atoms with Crippen molar-refractivity contribution in [1.82, 2.24) is 20.4 Å². The number of benzene rings is 1. The van der Waals surface area contributed by atoms with Crippen LogP contribution in [-0.2, 0) is 9.59 Å². The molecule has 1 aromatic carbocycles. The second-order valence-corrected chi connectivity index (χ2v) is 8.99. The van der Waals surface area contributed by atoms with Gasteiger partial charge in [0, 0.05) is 12.1 Å². The minimum absolute atomic E-state index is 0.0200. The number of nitrogens with one attached hydrogen (secondary N) is 1. The molecule has 9 heteroatoms. The van der Waals surface area contributed by atoms with Crippen LogP contribution < -0.4 is 11.1 Å². The zero-order valence-corrected chi connectivity index (χ0v) is 19.1. The fraction of sp³-hybridized carbons (Fsp3) is 0.565. The fourth-order valence-corrected chi connectivity index (χ4v) is 3.86. The van der Waals surface area contributed by atoms with Crippen LogP contribution in [0.2, 0.25) is 0 Å². The lowest BCUT2D eigenvalue weighted by Gasteiger charge is -2.31. The molecule has 2 heterocycles. The van der Waals surface area contributed by atoms with E-state index in [0.29, 0.717) is 18.9 Å². The summed E-state index contributed by atoms with van der Waals surface area (Å²) in [5.74, 6) is -0.346. The Labute approximate surface area is 188 Å². The van der Waals surface area contributed by atoms with Crippen molar-refractivity contribution in [2.24, 2.45) is 17.6 Å². The minimum atomic E-state index is -1.19. The Kier molecular flexibility index (Phi) is 7.63. The first kappa shape index (κ1) is 23.9. The largest absolute Gasteiger partial charge is 0.418 e. The van der Waals surface area contributed by atoms with Crippen LogP contribution in [0.15, 0.2) is 34.7 Å². The van der Waals surface area contributed by atoms with Crippen molar-refractivity contribution in [2.75, 3.05) is 6.54 Å². The number of hydrogen-bond acceptors (Lipinski definition) is 7. The van der Waals surface area contributed by atoms with E-state index in [0.717, 1.165) is 12.0 Å². The van der Waals surface area contributed by atoms with E-state index in [4.69, 9.17) is 10.2 Å². The van der Waals surface area contributed by atoms with Crippen LogP contribution in [0.5, 0.6) is 0 Å². The molecule has 174 valence electrons. The zero-order valence-electron chi connectivity index (χ0n) is 19.1. The topological polar surface area (TPSA) is 135 Å². The molecule has 2 amide bonds. The summed E-state index contributed by atoms with van der Waals surface area (Å²) in [6, 6.07) is 7.33. The van der Waals surface area contributed by atoms with Gasteiger partial charge in [-0.05, 0) is 36.8 Å². The number of hydrogen-bond donors (Lipinski definition) is 3. The van der Waals surface area contributed by atoms with Crippen molar-refractivity contribution < 1.29 is 19.1 Å². The van der Waals surface area contributed by atoms with Crippen LogP contribution in [0.3, 0.4) is 0 Å². The van der Waals surface area contributed by atoms with E-state index in [1.54, 1.807) is 4.90 Å². The second-order valence-electron chi connectivity index (χ2n) is 8.99. The Morgan fingerprint density at radius 2 is 1.84 bits per heavy atom. The Bertz CT molecular complexity index is 914. The lowest BCUT2D eigenvalue weighted by Crippen LogP contribution is -2.55. The van der Waals surface area contributed by atoms with Crippen LogP contribution in [0.1, 0.15) is 52.5 Å². The van der Waals surface area contributed by atoms with Gasteiger partial charge in [0.25, 0.3) is 0 Å². The summed E-state index contributed by atoms with van der Waals surface area (Å²) >= 11 is 0. The van der Waals surface area contributed by atoms with Gasteiger partial charge in [-0.3, -0.25) is 9.59 Å². The van der Waals surface area contributed by atoms with Gasteiger partial charge in [0.05, 0.1) is 12.1 Å². The van der Waals surface area contributed by atoms with Crippen molar-refractivity contribution in [3.05, 3.63) is 36.2 Å². The molecule has 32 heavy (non-hydrogen) atoms. The maximum absolute atomic E-state index is 13.1. The molecule has 3 rings (SSSR count). The van der Waals surface area contributed by atoms with E-state index >= 15 is 0 Å². The summed E-state index contributed by atoms with van der Waals surface area (Å²) in [5, 5.41) is 21.8. The number of carbonyl (C=O) groups excluding carboxylic acids is 2. The van der Waals surface area contributed by atoms with E-state index in [1.807, 2.05) is 58.0 Å². The third-order valence-electron chi connectivity index (χ3n) is 5.92. The number of rotatable bonds is 8. The average molecular weight is 444 g/mol. The molecule has 1 aliphatic heterocycles. The third kappa shape index (κ3) is 5.16. The highest BCUT2D eigenvalue weighted by Gasteiger charge is 2.39. The van der Waals surface area contributed by atoms with Gasteiger partial charge in [0.2, 0.25) is 23.6 Å². The second kappa shape index (κ2) is 10.2. The predicted molar refractivity (Wildman–Crippen MR) is 119 cm³/mol. The number of aromatic nitrogens is 2. The fourth-order valence-electron chi connectivity index (χ4n) is 3.86. The summed E-state index contributed by atoms with van der Waals surface area (Å²) in [6.45, 7) is 8.03. The van der Waals surface area contributed by atoms with Gasteiger partial charge in [-0.2, -0.15) is 0 Å². The van der Waals surface area contributed by atoms with Crippen LogP contribution in [0, 0.1) is 11.8 Å². The van der Waals surface area contributed by atoms with Crippen LogP contribution in [0.4, 0.5) is 0 Å². The molecule has 0 aliphatic carbocycles. The first-order chi connectivity index (χ1) is 15.2. The number of amides is 2. The van der Waals surface area contributed by atoms with Crippen LogP contribution in [-0.4, -0.2) is 56.7 Å². The standard InChI is InChI=1S/C23H33N5O4/c1-13(2)17(24)23(31)28-12-8-11-16(28)20(30)25-18(14(3)4)19(29)22-27-26-21(32-22)15-9-6-5-7-10-15/h5-7,9-10,13-14,16-19,29H,8,11-12,24H2,1-4H3,(H,25,30)/t16-,17-,18-,19?/m0/s1. The quantitative estimate of drug-likeness (QED) is 0.567. The van der Waals surface area contributed by atoms with Gasteiger partial charge >= 0.3 is 0 Å². The molecule has 2 aromatic rings. The monoisotopic (exact) mass is 443 g/mol. The molecule has 1 aliphatic rings. The molecule has 0 saturated carbocycles. The molecule has 9 nitrogen and oxygen atoms in total. The highest BCUT2D eigenvalue weighted by atomic mass is 16.4. The SMILES string of the molecule is CC(C)[C@H](NC(=O)[C@@H]1CCCN1C(=O)[C@@H](N)C(C)C)C(O)c1nnc(-c2ccccc2)o1. The minimum Gasteiger partial charge on any atom is -0.418 e. The lowest BCUT2D eigenvalue weighted by atomic mass is 9.97. The zero-order chi connectivity index (χ0) is 23.4. The van der Waals surface area contributed by atoms with Crippen molar-refractivity contribution in [2.45, 2.75) is 64.8 Å². The first-order valence-corrected chi connectivity index (χ1v) is 11.1. The molecule has 0 spiro atoms. The van der Waals surface area contributed by atoms with Gasteiger partial charge < -0.3 is 25.5 Å². The maximum atomic E-state index is 13.1. The van der Waals surface area contributed by atoms with Gasteiger partial charge in [-0.25, -0.2) is 0 Å². The maximum Gasteiger partial charge on any atom is 0.247 e. The number of likely N-dealkylation sites (tertiary alicyclic amines) is 1. The van der Waals surface area contributed by atoms with Gasteiger partial charge in [0.15, 0.2) is 6.10 Å². The summed E-state index contributed by atoms with van der Waals surface area (Å²) in [5.41, 5.74) is 6.78. The Balaban J connectivity index is 1.73. The molecule has 1 saturated heterocycles. The number of nitrogens with zero attached hydrogens (tertiary/aromatic N) is 3. The molecular formula is C23H33N5O4. The Hall–Kier alpha value is -2.78. The summed E-state index contributed by atoms with van der Waals surface area (Å²) in [4.78, 5) is 27.4. The highest BCUT2D eigenvalue weighted by Crippen LogP contribution is 2.26. The molecular weight excluding hydrogens is 410 g/mol. The molecule has 1 unspecified atom stereocenters. The van der Waals surface area contributed by atoms with Crippen molar-refractivity contribution >= 4 is 11.8 Å². The Morgan fingerprint density at radius 1 is 1.16 bits per heavy atom. The molecule has 4 atom stereocenters. The van der Waals surface area contributed by atoms with Crippen molar-refractivity contribution in [1.29, 1.82) is 0 Å². The van der Waals surface area contributed by atoms with Gasteiger partial charge in [-0.15, -0.1) is 10.2 Å². The first-order valence-electron chi connectivity index (χ1n) is 11.1. The average Bonchev–Trinajstić information content (AvgIpc) is 3.46. The van der Waals surface area contributed by atoms with Gasteiger partial charge in [-0.1, -0.05) is 45.9 Å². The third-order valence-corrected chi connectivity index (χ3v) is 5.92. The molecule has 1 aromatic heterocycles. The normalized spacial score (nSPS) is 19.2. The number of carbonyl (C=O) groups is 2. The number of aliphatic hydroxyl groups is 1. The molecule has 1 fully saturated rings. The van der Waals surface area contributed by atoms with E-state index in [9.17, 15) is 14.7 Å². The Morgan fingerprint density at radius 3 is 2.47 bits per heavy atom. The van der Waals surface area contributed by atoms with E-state index in [1.165, 1.54) is 0 Å². The smallest absolute Gasteiger partial charge is 0.247 e. The van der Waals surface area contributed by atoms with Crippen molar-refractivity contribution in [3.63, 3.8) is 0 Å². The summed E-state index contributed by atoms with van der Waals surface area (Å²) < 4.78 is 5.68. The lowest BCUT2D eigenvalue weighted by molar-refractivity contribution is -0.140. The van der Waals surface area contributed by atoms with E-state index in [-0.39, 0.29) is 29.5 Å². The number of nitrogens with two attached hydrogens (primary N) is 1. The molecule has 0 radical (unpaired) electrons. The summed E-state index contributed by atoms with van der Waals surface area (Å²) in [7, 11) is 0. The molecule has 4 N–H and O–H groups in total. The predicted octanol–water partition coefficient (Wildman–Crippen LogP) is 1.89. The number of aliphatic hydroxyl groups excluding tert-OH is 1. The van der Waals surface area contributed by atoms with Crippen molar-refractivity contribution in [3.8, 4) is 11.5 Å².